The molecule has 1 atom stereocenters. The van der Waals surface area contributed by atoms with Crippen LogP contribution in [0.2, 0.25) is 0 Å². The van der Waals surface area contributed by atoms with Crippen LogP contribution in [0.4, 0.5) is 0 Å². The van der Waals surface area contributed by atoms with Crippen LogP contribution in [0.3, 0.4) is 0 Å². The van der Waals surface area contributed by atoms with Crippen LogP contribution in [-0.2, 0) is 11.3 Å². The lowest BCUT2D eigenvalue weighted by Crippen LogP contribution is -2.43. The molecule has 0 aliphatic carbocycles. The Hall–Kier alpha value is -1.22. The Morgan fingerprint density at radius 2 is 2.14 bits per heavy atom. The number of nitrogens with one attached hydrogen (secondary N) is 2. The summed E-state index contributed by atoms with van der Waals surface area (Å²) in [5.74, 6) is 2.36. The first kappa shape index (κ1) is 18.8. The van der Waals surface area contributed by atoms with Crippen molar-refractivity contribution in [3.8, 4) is 11.5 Å². The third-order valence-electron chi connectivity index (χ3n) is 3.00. The first-order valence-electron chi connectivity index (χ1n) is 7.15. The molecule has 0 radical (unpaired) electrons. The van der Waals surface area contributed by atoms with Crippen molar-refractivity contribution in [3.05, 3.63) is 23.8 Å². The van der Waals surface area contributed by atoms with Crippen LogP contribution in [0, 0.1) is 0 Å². The van der Waals surface area contributed by atoms with E-state index in [-0.39, 0.29) is 30.0 Å². The van der Waals surface area contributed by atoms with Gasteiger partial charge in [-0.3, -0.25) is 0 Å². The van der Waals surface area contributed by atoms with Gasteiger partial charge in [-0.15, -0.1) is 24.0 Å². The van der Waals surface area contributed by atoms with Gasteiger partial charge in [0.2, 0.25) is 6.79 Å². The molecule has 0 saturated heterocycles. The minimum atomic E-state index is 0. The molecule has 0 amide bonds. The highest BCUT2D eigenvalue weighted by Gasteiger charge is 2.13. The van der Waals surface area contributed by atoms with Crippen LogP contribution >= 0.6 is 24.0 Å². The molecular weight excluding hydrogens is 397 g/mol. The summed E-state index contributed by atoms with van der Waals surface area (Å²) in [5.41, 5.74) is 1.08. The quantitative estimate of drug-likeness (QED) is 0.419. The van der Waals surface area contributed by atoms with Crippen molar-refractivity contribution in [3.63, 3.8) is 0 Å². The minimum Gasteiger partial charge on any atom is -0.454 e. The molecule has 22 heavy (non-hydrogen) atoms. The number of ether oxygens (including phenoxy) is 3. The molecular formula is C15H24IN3O3. The Bertz CT molecular complexity index is 497. The van der Waals surface area contributed by atoms with Gasteiger partial charge in [-0.25, -0.2) is 4.99 Å². The van der Waals surface area contributed by atoms with Crippen LogP contribution in [0.15, 0.2) is 23.2 Å². The number of hydrogen-bond donors (Lipinski definition) is 2. The minimum absolute atomic E-state index is 0. The highest BCUT2D eigenvalue weighted by molar-refractivity contribution is 14.0. The molecule has 0 fully saturated rings. The fourth-order valence-corrected chi connectivity index (χ4v) is 2.05. The molecule has 0 aromatic heterocycles. The van der Waals surface area contributed by atoms with Gasteiger partial charge in [0, 0.05) is 19.7 Å². The molecule has 0 spiro atoms. The highest BCUT2D eigenvalue weighted by Crippen LogP contribution is 2.32. The van der Waals surface area contributed by atoms with Crippen LogP contribution in [0.25, 0.3) is 0 Å². The fraction of sp³-hybridized carbons (Fsp3) is 0.533. The van der Waals surface area contributed by atoms with E-state index in [2.05, 4.69) is 22.5 Å². The number of rotatable bonds is 6. The number of benzene rings is 1. The van der Waals surface area contributed by atoms with Crippen LogP contribution in [0.5, 0.6) is 11.5 Å². The molecule has 1 heterocycles. The standard InChI is InChI=1S/C15H23N3O3.HI/c1-4-16-15(18-11(2)9-19-3)17-8-12-5-6-13-14(7-12)21-10-20-13;/h5-7,11H,4,8-10H2,1-3H3,(H2,16,17,18);1H. The summed E-state index contributed by atoms with van der Waals surface area (Å²) in [6.45, 7) is 6.41. The molecule has 2 N–H and O–H groups in total. The zero-order valence-electron chi connectivity index (χ0n) is 13.2. The molecule has 0 bridgehead atoms. The smallest absolute Gasteiger partial charge is 0.231 e. The van der Waals surface area contributed by atoms with E-state index in [9.17, 15) is 0 Å². The van der Waals surface area contributed by atoms with Crippen molar-refractivity contribution >= 4 is 29.9 Å². The topological polar surface area (TPSA) is 64.1 Å². The van der Waals surface area contributed by atoms with E-state index in [1.807, 2.05) is 25.1 Å². The molecule has 1 aromatic carbocycles. The molecule has 2 rings (SSSR count). The number of nitrogens with zero attached hydrogens (tertiary/aromatic N) is 1. The van der Waals surface area contributed by atoms with Crippen LogP contribution in [-0.4, -0.2) is 39.1 Å². The average Bonchev–Trinajstić information content (AvgIpc) is 2.92. The molecule has 6 nitrogen and oxygen atoms in total. The number of hydrogen-bond acceptors (Lipinski definition) is 4. The lowest BCUT2D eigenvalue weighted by atomic mass is 10.2. The summed E-state index contributed by atoms with van der Waals surface area (Å²) in [7, 11) is 1.69. The maximum atomic E-state index is 5.37. The lowest BCUT2D eigenvalue weighted by molar-refractivity contribution is 0.174. The maximum Gasteiger partial charge on any atom is 0.231 e. The van der Waals surface area contributed by atoms with Crippen molar-refractivity contribution in [1.29, 1.82) is 0 Å². The highest BCUT2D eigenvalue weighted by atomic mass is 127. The number of methoxy groups -OCH3 is 1. The van der Waals surface area contributed by atoms with Gasteiger partial charge < -0.3 is 24.8 Å². The van der Waals surface area contributed by atoms with Gasteiger partial charge in [0.15, 0.2) is 17.5 Å². The molecule has 0 saturated carbocycles. The van der Waals surface area contributed by atoms with E-state index < -0.39 is 0 Å². The normalized spacial score (nSPS) is 14.2. The second-order valence-electron chi connectivity index (χ2n) is 4.88. The monoisotopic (exact) mass is 421 g/mol. The van der Waals surface area contributed by atoms with E-state index in [0.717, 1.165) is 29.6 Å². The number of halogens is 1. The average molecular weight is 421 g/mol. The Morgan fingerprint density at radius 3 is 2.86 bits per heavy atom. The van der Waals surface area contributed by atoms with Crippen molar-refractivity contribution in [2.45, 2.75) is 26.4 Å². The fourth-order valence-electron chi connectivity index (χ4n) is 2.05. The van der Waals surface area contributed by atoms with Crippen LogP contribution < -0.4 is 20.1 Å². The molecule has 7 heteroatoms. The second kappa shape index (κ2) is 9.73. The third-order valence-corrected chi connectivity index (χ3v) is 3.00. The number of fused-ring (bicyclic) bond motifs is 1. The molecule has 124 valence electrons. The van der Waals surface area contributed by atoms with Gasteiger partial charge in [-0.1, -0.05) is 6.07 Å². The predicted octanol–water partition coefficient (Wildman–Crippen LogP) is 2.12. The van der Waals surface area contributed by atoms with Gasteiger partial charge in [0.05, 0.1) is 13.2 Å². The summed E-state index contributed by atoms with van der Waals surface area (Å²) in [4.78, 5) is 4.57. The zero-order chi connectivity index (χ0) is 15.1. The summed E-state index contributed by atoms with van der Waals surface area (Å²) in [6.07, 6.45) is 0. The molecule has 1 aromatic rings. The summed E-state index contributed by atoms with van der Waals surface area (Å²) >= 11 is 0. The van der Waals surface area contributed by atoms with Crippen molar-refractivity contribution in [2.24, 2.45) is 4.99 Å². The SMILES string of the molecule is CCNC(=NCc1ccc2c(c1)OCO2)NC(C)COC.I. The van der Waals surface area contributed by atoms with Gasteiger partial charge >= 0.3 is 0 Å². The Labute approximate surface area is 148 Å². The second-order valence-corrected chi connectivity index (χ2v) is 4.88. The van der Waals surface area contributed by atoms with Crippen molar-refractivity contribution in [2.75, 3.05) is 27.1 Å². The summed E-state index contributed by atoms with van der Waals surface area (Å²) in [6, 6.07) is 6.08. The molecule has 1 aliphatic heterocycles. The third kappa shape index (κ3) is 5.53. The van der Waals surface area contributed by atoms with Crippen LogP contribution in [0.1, 0.15) is 19.4 Å². The number of guanidine groups is 1. The Kier molecular flexibility index (Phi) is 8.32. The van der Waals surface area contributed by atoms with Crippen molar-refractivity contribution < 1.29 is 14.2 Å². The first-order valence-corrected chi connectivity index (χ1v) is 7.15. The van der Waals surface area contributed by atoms with E-state index in [4.69, 9.17) is 14.2 Å². The summed E-state index contributed by atoms with van der Waals surface area (Å²) in [5, 5.41) is 6.52. The van der Waals surface area contributed by atoms with Crippen molar-refractivity contribution in [1.82, 2.24) is 10.6 Å². The Morgan fingerprint density at radius 1 is 1.36 bits per heavy atom. The van der Waals surface area contributed by atoms with E-state index in [0.29, 0.717) is 19.9 Å². The largest absolute Gasteiger partial charge is 0.454 e. The van der Waals surface area contributed by atoms with E-state index in [1.54, 1.807) is 7.11 Å². The Balaban J connectivity index is 0.00000242. The first-order chi connectivity index (χ1) is 10.2. The van der Waals surface area contributed by atoms with Gasteiger partial charge in [0.1, 0.15) is 0 Å². The lowest BCUT2D eigenvalue weighted by Gasteiger charge is -2.17. The summed E-state index contributed by atoms with van der Waals surface area (Å²) < 4.78 is 15.8. The number of aliphatic imine (C=N–C) groups is 1. The molecule has 1 aliphatic rings. The van der Waals surface area contributed by atoms with E-state index in [1.165, 1.54) is 0 Å². The van der Waals surface area contributed by atoms with Gasteiger partial charge in [-0.2, -0.15) is 0 Å². The predicted molar refractivity (Wildman–Crippen MR) is 97.3 cm³/mol. The molecule has 1 unspecified atom stereocenters. The van der Waals surface area contributed by atoms with E-state index >= 15 is 0 Å². The van der Waals surface area contributed by atoms with Gasteiger partial charge in [-0.05, 0) is 31.5 Å². The maximum absolute atomic E-state index is 5.37. The van der Waals surface area contributed by atoms with Gasteiger partial charge in [0.25, 0.3) is 0 Å². The zero-order valence-corrected chi connectivity index (χ0v) is 15.5.